The zero-order valence-corrected chi connectivity index (χ0v) is 11.4. The minimum absolute atomic E-state index is 0.0434. The number of nitrogens with one attached hydrogen (secondary N) is 1. The van der Waals surface area contributed by atoms with Crippen molar-refractivity contribution in [2.75, 3.05) is 18.8 Å². The van der Waals surface area contributed by atoms with E-state index in [1.54, 1.807) is 12.1 Å². The Bertz CT molecular complexity index is 478. The molecule has 1 aromatic rings. The van der Waals surface area contributed by atoms with E-state index in [-0.39, 0.29) is 29.6 Å². The van der Waals surface area contributed by atoms with Crippen LogP contribution in [0.15, 0.2) is 24.3 Å². The standard InChI is InChI=1S/C13H15FN2O2S/c1-2-15-11(17)7-16-12(18)8-19-13(16)9-3-5-10(14)6-4-9/h3-6,13H,2,7-8H2,1H3,(H,15,17). The Kier molecular flexibility index (Phi) is 4.42. The number of hydrogen-bond donors (Lipinski definition) is 1. The lowest BCUT2D eigenvalue weighted by Gasteiger charge is -2.23. The number of likely N-dealkylation sites (N-methyl/N-ethyl adjacent to an activating group) is 1. The molecule has 1 aliphatic heterocycles. The van der Waals surface area contributed by atoms with Crippen molar-refractivity contribution in [3.8, 4) is 0 Å². The maximum atomic E-state index is 12.9. The third-order valence-corrected chi connectivity index (χ3v) is 4.07. The van der Waals surface area contributed by atoms with Gasteiger partial charge < -0.3 is 10.2 Å². The van der Waals surface area contributed by atoms with E-state index in [4.69, 9.17) is 0 Å². The van der Waals surface area contributed by atoms with E-state index in [2.05, 4.69) is 5.32 Å². The number of benzene rings is 1. The Hall–Kier alpha value is -1.56. The molecule has 0 bridgehead atoms. The van der Waals surface area contributed by atoms with E-state index in [1.165, 1.54) is 28.8 Å². The fourth-order valence-corrected chi connectivity index (χ4v) is 3.12. The summed E-state index contributed by atoms with van der Waals surface area (Å²) in [4.78, 5) is 24.9. The van der Waals surface area contributed by atoms with Gasteiger partial charge in [0.2, 0.25) is 11.8 Å². The first-order chi connectivity index (χ1) is 9.11. The molecular weight excluding hydrogens is 267 g/mol. The number of halogens is 1. The summed E-state index contributed by atoms with van der Waals surface area (Å²) in [7, 11) is 0. The number of carbonyl (C=O) groups is 2. The highest BCUT2D eigenvalue weighted by Gasteiger charge is 2.33. The molecule has 1 aromatic carbocycles. The average molecular weight is 282 g/mol. The predicted molar refractivity (Wildman–Crippen MR) is 72.0 cm³/mol. The minimum atomic E-state index is -0.312. The van der Waals surface area contributed by atoms with Gasteiger partial charge in [0.25, 0.3) is 0 Å². The number of rotatable bonds is 4. The first-order valence-corrected chi connectivity index (χ1v) is 7.10. The Labute approximate surface area is 115 Å². The van der Waals surface area contributed by atoms with Crippen molar-refractivity contribution in [1.82, 2.24) is 10.2 Å². The van der Waals surface area contributed by atoms with E-state index in [1.807, 2.05) is 6.92 Å². The normalized spacial score (nSPS) is 18.7. The van der Waals surface area contributed by atoms with Crippen molar-refractivity contribution >= 4 is 23.6 Å². The second-order valence-corrected chi connectivity index (χ2v) is 5.26. The Morgan fingerprint density at radius 3 is 2.79 bits per heavy atom. The molecule has 1 N–H and O–H groups in total. The lowest BCUT2D eigenvalue weighted by atomic mass is 10.2. The summed E-state index contributed by atoms with van der Waals surface area (Å²) in [6, 6.07) is 6.03. The molecule has 1 atom stereocenters. The lowest BCUT2D eigenvalue weighted by Crippen LogP contribution is -2.39. The Morgan fingerprint density at radius 1 is 1.47 bits per heavy atom. The highest BCUT2D eigenvalue weighted by Crippen LogP contribution is 2.38. The molecule has 0 radical (unpaired) electrons. The minimum Gasteiger partial charge on any atom is -0.355 e. The van der Waals surface area contributed by atoms with Gasteiger partial charge >= 0.3 is 0 Å². The molecule has 0 aliphatic carbocycles. The SMILES string of the molecule is CCNC(=O)CN1C(=O)CSC1c1ccc(F)cc1. The van der Waals surface area contributed by atoms with Crippen molar-refractivity contribution in [2.24, 2.45) is 0 Å². The molecule has 102 valence electrons. The first-order valence-electron chi connectivity index (χ1n) is 6.05. The molecule has 1 unspecified atom stereocenters. The summed E-state index contributed by atoms with van der Waals surface area (Å²) in [6.45, 7) is 2.41. The smallest absolute Gasteiger partial charge is 0.239 e. The summed E-state index contributed by atoms with van der Waals surface area (Å²) in [5.74, 6) is -0.203. The monoisotopic (exact) mass is 282 g/mol. The second-order valence-electron chi connectivity index (χ2n) is 4.19. The van der Waals surface area contributed by atoms with Gasteiger partial charge in [-0.1, -0.05) is 12.1 Å². The van der Waals surface area contributed by atoms with Crippen LogP contribution in [0.25, 0.3) is 0 Å². The molecule has 1 fully saturated rings. The zero-order chi connectivity index (χ0) is 13.8. The van der Waals surface area contributed by atoms with Crippen LogP contribution in [-0.2, 0) is 9.59 Å². The molecule has 0 aromatic heterocycles. The average Bonchev–Trinajstić information content (AvgIpc) is 2.73. The molecule has 1 heterocycles. The quantitative estimate of drug-likeness (QED) is 0.911. The van der Waals surface area contributed by atoms with Gasteiger partial charge in [0.15, 0.2) is 0 Å². The van der Waals surface area contributed by atoms with Crippen LogP contribution in [0.4, 0.5) is 4.39 Å². The molecule has 2 rings (SSSR count). The molecule has 1 saturated heterocycles. The van der Waals surface area contributed by atoms with Crippen LogP contribution in [0, 0.1) is 5.82 Å². The number of amides is 2. The molecule has 0 spiro atoms. The third kappa shape index (κ3) is 3.26. The van der Waals surface area contributed by atoms with E-state index in [9.17, 15) is 14.0 Å². The third-order valence-electron chi connectivity index (χ3n) is 2.81. The van der Waals surface area contributed by atoms with Crippen LogP contribution in [0.2, 0.25) is 0 Å². The molecule has 0 saturated carbocycles. The number of hydrogen-bond acceptors (Lipinski definition) is 3. The summed E-state index contributed by atoms with van der Waals surface area (Å²) < 4.78 is 12.9. The molecule has 2 amide bonds. The maximum absolute atomic E-state index is 12.9. The van der Waals surface area contributed by atoms with Crippen molar-refractivity contribution in [3.63, 3.8) is 0 Å². The fraction of sp³-hybridized carbons (Fsp3) is 0.385. The van der Waals surface area contributed by atoms with E-state index >= 15 is 0 Å². The van der Waals surface area contributed by atoms with Crippen LogP contribution in [-0.4, -0.2) is 35.6 Å². The highest BCUT2D eigenvalue weighted by molar-refractivity contribution is 8.00. The molecular formula is C13H15FN2O2S. The van der Waals surface area contributed by atoms with E-state index in [0.717, 1.165) is 5.56 Å². The van der Waals surface area contributed by atoms with Gasteiger partial charge in [-0.2, -0.15) is 0 Å². The number of nitrogens with zero attached hydrogens (tertiary/aromatic N) is 1. The number of carbonyl (C=O) groups excluding carboxylic acids is 2. The van der Waals surface area contributed by atoms with Gasteiger partial charge in [0.05, 0.1) is 5.75 Å². The van der Waals surface area contributed by atoms with Crippen LogP contribution >= 0.6 is 11.8 Å². The Morgan fingerprint density at radius 2 is 2.16 bits per heavy atom. The lowest BCUT2D eigenvalue weighted by molar-refractivity contribution is -0.133. The van der Waals surface area contributed by atoms with Gasteiger partial charge in [0.1, 0.15) is 17.7 Å². The summed E-state index contributed by atoms with van der Waals surface area (Å²) in [5.41, 5.74) is 0.835. The van der Waals surface area contributed by atoms with Crippen molar-refractivity contribution in [1.29, 1.82) is 0 Å². The van der Waals surface area contributed by atoms with Gasteiger partial charge in [-0.3, -0.25) is 9.59 Å². The van der Waals surface area contributed by atoms with Crippen molar-refractivity contribution in [3.05, 3.63) is 35.6 Å². The number of thioether (sulfide) groups is 1. The van der Waals surface area contributed by atoms with E-state index < -0.39 is 0 Å². The van der Waals surface area contributed by atoms with Crippen molar-refractivity contribution < 1.29 is 14.0 Å². The maximum Gasteiger partial charge on any atom is 0.239 e. The fourth-order valence-electron chi connectivity index (χ4n) is 1.94. The zero-order valence-electron chi connectivity index (χ0n) is 10.6. The molecule has 19 heavy (non-hydrogen) atoms. The van der Waals surface area contributed by atoms with Gasteiger partial charge in [-0.25, -0.2) is 4.39 Å². The van der Waals surface area contributed by atoms with Gasteiger partial charge in [0, 0.05) is 6.54 Å². The van der Waals surface area contributed by atoms with Crippen LogP contribution in [0.3, 0.4) is 0 Å². The summed E-state index contributed by atoms with van der Waals surface area (Å²) >= 11 is 1.45. The first kappa shape index (κ1) is 13.9. The van der Waals surface area contributed by atoms with Gasteiger partial charge in [-0.15, -0.1) is 11.8 Å². The van der Waals surface area contributed by atoms with Crippen molar-refractivity contribution in [2.45, 2.75) is 12.3 Å². The van der Waals surface area contributed by atoms with Gasteiger partial charge in [-0.05, 0) is 24.6 Å². The van der Waals surface area contributed by atoms with Crippen LogP contribution in [0.5, 0.6) is 0 Å². The summed E-state index contributed by atoms with van der Waals surface area (Å²) in [6.07, 6.45) is 0. The summed E-state index contributed by atoms with van der Waals surface area (Å²) in [5, 5.41) is 2.46. The molecule has 1 aliphatic rings. The largest absolute Gasteiger partial charge is 0.355 e. The molecule has 4 nitrogen and oxygen atoms in total. The predicted octanol–water partition coefficient (Wildman–Crippen LogP) is 1.54. The van der Waals surface area contributed by atoms with Crippen LogP contribution in [0.1, 0.15) is 17.9 Å². The Balaban J connectivity index is 2.12. The topological polar surface area (TPSA) is 49.4 Å². The highest BCUT2D eigenvalue weighted by atomic mass is 32.2. The van der Waals surface area contributed by atoms with E-state index in [0.29, 0.717) is 12.3 Å². The molecule has 6 heteroatoms. The second kappa shape index (κ2) is 6.06. The van der Waals surface area contributed by atoms with Crippen LogP contribution < -0.4 is 5.32 Å².